The highest BCUT2D eigenvalue weighted by molar-refractivity contribution is 8.18. The van der Waals surface area contributed by atoms with E-state index in [-0.39, 0.29) is 11.3 Å². The maximum atomic E-state index is 12.9. The molecule has 2 aliphatic rings. The molecule has 0 atom stereocenters. The number of imide groups is 1. The lowest BCUT2D eigenvalue weighted by atomic mass is 9.97. The van der Waals surface area contributed by atoms with E-state index in [1.54, 1.807) is 36.5 Å². The third-order valence-electron chi connectivity index (χ3n) is 6.63. The van der Waals surface area contributed by atoms with Crippen LogP contribution in [-0.2, 0) is 11.3 Å². The summed E-state index contributed by atoms with van der Waals surface area (Å²) in [6.07, 6.45) is 0.269. The van der Waals surface area contributed by atoms with Gasteiger partial charge in [0.05, 0.1) is 22.0 Å². The van der Waals surface area contributed by atoms with Crippen molar-refractivity contribution >= 4 is 34.9 Å². The van der Waals surface area contributed by atoms with E-state index in [4.69, 9.17) is 0 Å². The molecule has 4 heterocycles. The Labute approximate surface area is 238 Å². The summed E-state index contributed by atoms with van der Waals surface area (Å²) in [4.78, 5) is 39.2. The topological polar surface area (TPSA) is 109 Å². The average molecular weight is 585 g/mol. The normalized spacial score (nSPS) is 17.3. The van der Waals surface area contributed by atoms with E-state index in [2.05, 4.69) is 35.2 Å². The van der Waals surface area contributed by atoms with Crippen molar-refractivity contribution in [2.75, 3.05) is 24.5 Å². The van der Waals surface area contributed by atoms with Crippen LogP contribution in [0.25, 0.3) is 17.3 Å². The van der Waals surface area contributed by atoms with Crippen LogP contribution in [0, 0.1) is 12.8 Å². The molecule has 3 aromatic rings. The molecule has 214 valence electrons. The number of nitrogens with zero attached hydrogens (tertiary/aromatic N) is 4. The summed E-state index contributed by atoms with van der Waals surface area (Å²) in [6.45, 7) is 4.66. The molecular weight excluding hydrogens is 557 g/mol. The number of carbonyl (C=O) groups excluding carboxylic acids is 2. The lowest BCUT2D eigenvalue weighted by molar-refractivity contribution is -0.274. The number of aryl methyl sites for hydroxylation is 1. The zero-order valence-corrected chi connectivity index (χ0v) is 22.9. The van der Waals surface area contributed by atoms with Gasteiger partial charge in [-0.1, -0.05) is 12.1 Å². The lowest BCUT2D eigenvalue weighted by Crippen LogP contribution is -2.38. The molecule has 0 radical (unpaired) electrons. The molecule has 0 bridgehead atoms. The van der Waals surface area contributed by atoms with Gasteiger partial charge in [-0.05, 0) is 86.0 Å². The third-order valence-corrected chi connectivity index (χ3v) is 7.44. The number of amides is 2. The van der Waals surface area contributed by atoms with Crippen LogP contribution in [0.1, 0.15) is 29.8 Å². The second kappa shape index (κ2) is 12.3. The number of nitrogens with one attached hydrogen (secondary N) is 2. The number of benzene rings is 1. The van der Waals surface area contributed by atoms with E-state index in [9.17, 15) is 22.8 Å². The number of carbonyl (C=O) groups is 2. The summed E-state index contributed by atoms with van der Waals surface area (Å²) in [5.41, 5.74) is 2.88. The van der Waals surface area contributed by atoms with Gasteiger partial charge in [-0.15, -0.1) is 13.2 Å². The fourth-order valence-electron chi connectivity index (χ4n) is 4.75. The molecule has 5 rings (SSSR count). The van der Waals surface area contributed by atoms with Gasteiger partial charge in [-0.3, -0.25) is 19.9 Å². The van der Waals surface area contributed by atoms with Crippen molar-refractivity contribution < 1.29 is 27.5 Å². The number of rotatable bonds is 8. The summed E-state index contributed by atoms with van der Waals surface area (Å²) in [6, 6.07) is 11.3. The van der Waals surface area contributed by atoms with Crippen LogP contribution in [0.4, 0.5) is 23.9 Å². The maximum Gasteiger partial charge on any atom is 0.573 e. The predicted molar refractivity (Wildman–Crippen MR) is 149 cm³/mol. The Morgan fingerprint density at radius 2 is 1.93 bits per heavy atom. The predicted octanol–water partition coefficient (Wildman–Crippen LogP) is 5.08. The molecule has 0 aliphatic carbocycles. The van der Waals surface area contributed by atoms with Gasteiger partial charge in [0, 0.05) is 31.4 Å². The Hall–Kier alpha value is -3.97. The highest BCUT2D eigenvalue weighted by Crippen LogP contribution is 2.33. The van der Waals surface area contributed by atoms with Gasteiger partial charge >= 0.3 is 6.36 Å². The van der Waals surface area contributed by atoms with E-state index in [0.29, 0.717) is 34.7 Å². The van der Waals surface area contributed by atoms with Crippen molar-refractivity contribution in [2.24, 2.45) is 5.92 Å². The monoisotopic (exact) mass is 584 g/mol. The van der Waals surface area contributed by atoms with E-state index in [1.165, 1.54) is 12.1 Å². The van der Waals surface area contributed by atoms with E-state index in [0.717, 1.165) is 55.5 Å². The number of hydrogen-bond donors (Lipinski definition) is 2. The van der Waals surface area contributed by atoms with Gasteiger partial charge in [-0.25, -0.2) is 9.97 Å². The molecule has 2 aliphatic heterocycles. The SMILES string of the molecule is Cc1cc(CNCC2CCN(c3nccc(/C=C4/SC(=O)NC4=O)n3)CC2)nc(-c2ccccc2OC(F)(F)F)c1. The van der Waals surface area contributed by atoms with Crippen LogP contribution in [0.3, 0.4) is 0 Å². The summed E-state index contributed by atoms with van der Waals surface area (Å²) < 4.78 is 42.9. The number of alkyl halides is 3. The van der Waals surface area contributed by atoms with Crippen molar-refractivity contribution in [3.63, 3.8) is 0 Å². The summed E-state index contributed by atoms with van der Waals surface area (Å²) in [5, 5.41) is 5.28. The Bertz CT molecular complexity index is 1470. The number of para-hydroxylation sites is 1. The number of pyridine rings is 1. The molecule has 9 nitrogen and oxygen atoms in total. The minimum atomic E-state index is -4.79. The summed E-state index contributed by atoms with van der Waals surface area (Å²) >= 11 is 0.848. The van der Waals surface area contributed by atoms with Crippen LogP contribution in [-0.4, -0.2) is 52.1 Å². The molecule has 2 N–H and O–H groups in total. The molecule has 0 saturated carbocycles. The van der Waals surface area contributed by atoms with E-state index >= 15 is 0 Å². The molecule has 2 saturated heterocycles. The lowest BCUT2D eigenvalue weighted by Gasteiger charge is -2.32. The van der Waals surface area contributed by atoms with E-state index in [1.807, 2.05) is 13.0 Å². The first-order valence-electron chi connectivity index (χ1n) is 13.0. The van der Waals surface area contributed by atoms with Gasteiger partial charge in [0.25, 0.3) is 11.1 Å². The summed E-state index contributed by atoms with van der Waals surface area (Å²) in [5.74, 6) is 0.289. The molecule has 1 aromatic carbocycles. The first-order valence-corrected chi connectivity index (χ1v) is 13.8. The largest absolute Gasteiger partial charge is 0.573 e. The maximum absolute atomic E-state index is 12.9. The molecule has 0 spiro atoms. The van der Waals surface area contributed by atoms with Crippen LogP contribution >= 0.6 is 11.8 Å². The van der Waals surface area contributed by atoms with E-state index < -0.39 is 17.5 Å². The molecular formula is C28H27F3N6O3S. The number of thioether (sulfide) groups is 1. The molecule has 2 aromatic heterocycles. The fraction of sp³-hybridized carbons (Fsp3) is 0.321. The Morgan fingerprint density at radius 1 is 1.15 bits per heavy atom. The molecule has 13 heteroatoms. The van der Waals surface area contributed by atoms with Crippen molar-refractivity contribution in [3.8, 4) is 17.0 Å². The van der Waals surface area contributed by atoms with Gasteiger partial charge in [0.15, 0.2) is 0 Å². The van der Waals surface area contributed by atoms with Crippen LogP contribution in [0.2, 0.25) is 0 Å². The van der Waals surface area contributed by atoms with Gasteiger partial charge < -0.3 is 15.0 Å². The zero-order chi connectivity index (χ0) is 29.0. The molecule has 2 fully saturated rings. The summed E-state index contributed by atoms with van der Waals surface area (Å²) in [7, 11) is 0. The quantitative estimate of drug-likeness (QED) is 0.351. The van der Waals surface area contributed by atoms with Crippen molar-refractivity contribution in [1.82, 2.24) is 25.6 Å². The van der Waals surface area contributed by atoms with Crippen molar-refractivity contribution in [1.29, 1.82) is 0 Å². The number of anilines is 1. The Morgan fingerprint density at radius 3 is 2.66 bits per heavy atom. The number of piperidine rings is 1. The molecule has 2 amide bonds. The molecule has 0 unspecified atom stereocenters. The number of hydrogen-bond acceptors (Lipinski definition) is 9. The highest BCUT2D eigenvalue weighted by Gasteiger charge is 2.32. The van der Waals surface area contributed by atoms with Crippen LogP contribution in [0.5, 0.6) is 5.75 Å². The highest BCUT2D eigenvalue weighted by atomic mass is 32.2. The second-order valence-electron chi connectivity index (χ2n) is 9.76. The molecule has 41 heavy (non-hydrogen) atoms. The van der Waals surface area contributed by atoms with Gasteiger partial charge in [0.1, 0.15) is 5.75 Å². The van der Waals surface area contributed by atoms with Gasteiger partial charge in [0.2, 0.25) is 5.95 Å². The van der Waals surface area contributed by atoms with Crippen LogP contribution in [0.15, 0.2) is 53.6 Å². The van der Waals surface area contributed by atoms with Crippen molar-refractivity contribution in [2.45, 2.75) is 32.7 Å². The minimum absolute atomic E-state index is 0.281. The average Bonchev–Trinajstić information content (AvgIpc) is 3.24. The number of halogens is 3. The van der Waals surface area contributed by atoms with Crippen LogP contribution < -0.4 is 20.3 Å². The first-order chi connectivity index (χ1) is 19.6. The standard InChI is InChI=1S/C28H27F3N6O3S/c1-17-12-20(34-22(13-17)21-4-2-3-5-23(21)40-28(29,30)31)16-32-15-18-7-10-37(11-8-18)26-33-9-6-19(35-26)14-24-25(38)36-27(39)41-24/h2-6,9,12-14,18,32H,7-8,10-11,15-16H2,1H3,(H,36,38,39)/b24-14+. The Balaban J connectivity index is 1.15. The fourth-order valence-corrected chi connectivity index (χ4v) is 5.42. The number of ether oxygens (including phenoxy) is 1. The smallest absolute Gasteiger partial charge is 0.405 e. The first kappa shape index (κ1) is 28.6. The van der Waals surface area contributed by atoms with Gasteiger partial charge in [-0.2, -0.15) is 0 Å². The zero-order valence-electron chi connectivity index (χ0n) is 22.1. The Kier molecular flexibility index (Phi) is 8.54. The minimum Gasteiger partial charge on any atom is -0.405 e. The third kappa shape index (κ3) is 7.61. The second-order valence-corrected chi connectivity index (χ2v) is 10.8. The number of aromatic nitrogens is 3. The van der Waals surface area contributed by atoms with Crippen molar-refractivity contribution in [3.05, 3.63) is 70.5 Å².